The van der Waals surface area contributed by atoms with Crippen molar-refractivity contribution in [3.05, 3.63) is 0 Å². The fourth-order valence-electron chi connectivity index (χ4n) is 4.16. The highest BCUT2D eigenvalue weighted by Crippen LogP contribution is 2.44. The van der Waals surface area contributed by atoms with E-state index in [9.17, 15) is 9.59 Å². The van der Waals surface area contributed by atoms with Gasteiger partial charge in [0.25, 0.3) is 0 Å². The molecule has 1 aliphatic carbocycles. The second-order valence-electron chi connectivity index (χ2n) is 7.26. The van der Waals surface area contributed by atoms with Gasteiger partial charge in [0.1, 0.15) is 6.10 Å². The van der Waals surface area contributed by atoms with Crippen LogP contribution >= 0.6 is 23.2 Å². The molecule has 2 aliphatic heterocycles. The first-order chi connectivity index (χ1) is 12.0. The van der Waals surface area contributed by atoms with Gasteiger partial charge in [0.05, 0.1) is 24.0 Å². The summed E-state index contributed by atoms with van der Waals surface area (Å²) in [7, 11) is 0. The van der Waals surface area contributed by atoms with Crippen molar-refractivity contribution < 1.29 is 19.1 Å². The van der Waals surface area contributed by atoms with Crippen LogP contribution in [0.4, 0.5) is 0 Å². The largest absolute Gasteiger partial charge is 0.466 e. The summed E-state index contributed by atoms with van der Waals surface area (Å²) in [4.78, 5) is 25.0. The number of rotatable bonds is 10. The van der Waals surface area contributed by atoms with E-state index >= 15 is 0 Å². The Hall–Kier alpha value is -0.320. The minimum Gasteiger partial charge on any atom is -0.466 e. The smallest absolute Gasteiger partial charge is 0.309 e. The Balaban J connectivity index is 1.96. The number of ether oxygens (including phenoxy) is 2. The molecule has 0 aromatic rings. The average molecular weight is 393 g/mol. The normalized spacial score (nSPS) is 30.7. The van der Waals surface area contributed by atoms with E-state index in [2.05, 4.69) is 6.92 Å². The lowest BCUT2D eigenvalue weighted by molar-refractivity contribution is -0.174. The number of ketones is 1. The van der Waals surface area contributed by atoms with E-state index in [0.29, 0.717) is 18.9 Å². The van der Waals surface area contributed by atoms with Gasteiger partial charge in [-0.25, -0.2) is 0 Å². The van der Waals surface area contributed by atoms with E-state index in [-0.39, 0.29) is 47.4 Å². The van der Waals surface area contributed by atoms with Crippen LogP contribution in [-0.2, 0) is 19.1 Å². The van der Waals surface area contributed by atoms with Crippen molar-refractivity contribution >= 4 is 35.0 Å². The van der Waals surface area contributed by atoms with Gasteiger partial charge in [-0.15, -0.1) is 23.2 Å². The number of carbonyl (C=O) groups excluding carboxylic acids is 2. The van der Waals surface area contributed by atoms with E-state index < -0.39 is 6.10 Å². The van der Waals surface area contributed by atoms with E-state index in [1.807, 2.05) is 0 Å². The first-order valence-electron chi connectivity index (χ1n) is 9.56. The van der Waals surface area contributed by atoms with Gasteiger partial charge in [-0.1, -0.05) is 19.8 Å². The molecule has 0 aromatic heterocycles. The molecule has 0 N–H and O–H groups in total. The van der Waals surface area contributed by atoms with E-state index in [4.69, 9.17) is 32.7 Å². The van der Waals surface area contributed by atoms with Crippen LogP contribution in [0, 0.1) is 17.8 Å². The summed E-state index contributed by atoms with van der Waals surface area (Å²) in [5, 5.41) is -0.109. The molecule has 25 heavy (non-hydrogen) atoms. The third-order valence-electron chi connectivity index (χ3n) is 5.53. The van der Waals surface area contributed by atoms with Crippen molar-refractivity contribution in [3.8, 4) is 0 Å². The minimum atomic E-state index is -0.396. The van der Waals surface area contributed by atoms with Crippen LogP contribution < -0.4 is 0 Å². The highest BCUT2D eigenvalue weighted by atomic mass is 35.5. The Bertz CT molecular complexity index is 457. The van der Waals surface area contributed by atoms with Gasteiger partial charge in [0, 0.05) is 18.2 Å². The number of carbonyl (C=O) groups is 2. The van der Waals surface area contributed by atoms with Gasteiger partial charge < -0.3 is 9.47 Å². The van der Waals surface area contributed by atoms with Crippen LogP contribution in [0.5, 0.6) is 0 Å². The zero-order valence-electron chi connectivity index (χ0n) is 15.2. The highest BCUT2D eigenvalue weighted by Gasteiger charge is 2.47. The number of unbranched alkanes of at least 4 members (excludes halogenated alkanes) is 1. The lowest BCUT2D eigenvalue weighted by Crippen LogP contribution is -2.52. The Morgan fingerprint density at radius 1 is 1.28 bits per heavy atom. The number of hydrogen-bond acceptors (Lipinski definition) is 4. The zero-order chi connectivity index (χ0) is 18.4. The SMILES string of the molecule is CCCCC(CC(=O)C1OC2CCC1CC2C(Cl)CCl)C(=O)OCC. The molecule has 6 heteroatoms. The standard InChI is InChI=1S/C19H30Cl2O4/c1-3-5-6-13(19(23)24-4-2)10-16(22)18-12-7-8-17(25-18)14(9-12)15(21)11-20/h12-15,17-18H,3-11H2,1-2H3. The Kier molecular flexibility index (Phi) is 8.50. The van der Waals surface area contributed by atoms with E-state index in [1.54, 1.807) is 6.92 Å². The second-order valence-corrected chi connectivity index (χ2v) is 8.13. The highest BCUT2D eigenvalue weighted by molar-refractivity contribution is 6.28. The molecule has 3 fully saturated rings. The first-order valence-corrected chi connectivity index (χ1v) is 10.5. The fraction of sp³-hybridized carbons (Fsp3) is 0.895. The molecule has 0 aromatic carbocycles. The van der Waals surface area contributed by atoms with Crippen molar-refractivity contribution in [3.63, 3.8) is 0 Å². The summed E-state index contributed by atoms with van der Waals surface area (Å²) < 4.78 is 11.2. The third kappa shape index (κ3) is 5.33. The van der Waals surface area contributed by atoms with Crippen LogP contribution in [0.1, 0.15) is 58.8 Å². The number of halogens is 2. The summed E-state index contributed by atoms with van der Waals surface area (Å²) in [6.07, 6.45) is 5.26. The Morgan fingerprint density at radius 2 is 2.04 bits per heavy atom. The van der Waals surface area contributed by atoms with Gasteiger partial charge in [-0.3, -0.25) is 9.59 Å². The molecule has 3 rings (SSSR count). The van der Waals surface area contributed by atoms with Crippen LogP contribution in [-0.4, -0.2) is 41.8 Å². The summed E-state index contributed by atoms with van der Waals surface area (Å²) in [6, 6.07) is 0. The monoisotopic (exact) mass is 392 g/mol. The predicted octanol–water partition coefficient (Wildman–Crippen LogP) is 4.35. The maximum atomic E-state index is 12.8. The molecule has 6 atom stereocenters. The molecule has 0 amide bonds. The van der Waals surface area contributed by atoms with E-state index in [0.717, 1.165) is 32.1 Å². The molecular weight excluding hydrogens is 363 g/mol. The van der Waals surface area contributed by atoms with Crippen LogP contribution in [0.25, 0.3) is 0 Å². The topological polar surface area (TPSA) is 52.6 Å². The third-order valence-corrected chi connectivity index (χ3v) is 6.50. The quantitative estimate of drug-likeness (QED) is 0.409. The number of esters is 1. The molecule has 6 unspecified atom stereocenters. The van der Waals surface area contributed by atoms with Crippen LogP contribution in [0.15, 0.2) is 0 Å². The first kappa shape index (κ1) is 21.0. The molecule has 4 nitrogen and oxygen atoms in total. The van der Waals surface area contributed by atoms with E-state index in [1.165, 1.54) is 0 Å². The molecule has 1 saturated carbocycles. The molecule has 144 valence electrons. The van der Waals surface area contributed by atoms with Crippen molar-refractivity contribution in [1.82, 2.24) is 0 Å². The zero-order valence-corrected chi connectivity index (χ0v) is 16.7. The summed E-state index contributed by atoms with van der Waals surface area (Å²) in [5.41, 5.74) is 0. The van der Waals surface area contributed by atoms with Crippen molar-refractivity contribution in [2.45, 2.75) is 76.4 Å². The lowest BCUT2D eigenvalue weighted by Gasteiger charge is -2.48. The summed E-state index contributed by atoms with van der Waals surface area (Å²) in [5.74, 6) is 0.254. The fourth-order valence-corrected chi connectivity index (χ4v) is 4.66. The maximum Gasteiger partial charge on any atom is 0.309 e. The lowest BCUT2D eigenvalue weighted by atomic mass is 9.71. The Labute approximate surface area is 160 Å². The average Bonchev–Trinajstić information content (AvgIpc) is 2.64. The van der Waals surface area contributed by atoms with Gasteiger partial charge in [0.2, 0.25) is 0 Å². The van der Waals surface area contributed by atoms with Crippen molar-refractivity contribution in [2.75, 3.05) is 12.5 Å². The minimum absolute atomic E-state index is 0.0110. The molecule has 3 aliphatic rings. The molecule has 2 saturated heterocycles. The molecule has 0 spiro atoms. The number of Topliss-reactive ketones (excluding diaryl/α,β-unsaturated/α-hetero) is 1. The van der Waals surface area contributed by atoms with Gasteiger partial charge in [-0.2, -0.15) is 0 Å². The van der Waals surface area contributed by atoms with Crippen molar-refractivity contribution in [1.29, 1.82) is 0 Å². The van der Waals surface area contributed by atoms with Gasteiger partial charge in [0.15, 0.2) is 5.78 Å². The molecule has 0 radical (unpaired) electrons. The van der Waals surface area contributed by atoms with Crippen molar-refractivity contribution in [2.24, 2.45) is 17.8 Å². The summed E-state index contributed by atoms with van der Waals surface area (Å²) >= 11 is 12.2. The summed E-state index contributed by atoms with van der Waals surface area (Å²) in [6.45, 7) is 4.21. The number of hydrogen-bond donors (Lipinski definition) is 0. The Morgan fingerprint density at radius 3 is 2.60 bits per heavy atom. The predicted molar refractivity (Wildman–Crippen MR) is 99.1 cm³/mol. The molecule has 2 bridgehead atoms. The van der Waals surface area contributed by atoms with Crippen LogP contribution in [0.3, 0.4) is 0 Å². The maximum absolute atomic E-state index is 12.8. The molecular formula is C19H30Cl2O4. The molecule has 2 heterocycles. The van der Waals surface area contributed by atoms with Gasteiger partial charge in [-0.05, 0) is 38.5 Å². The van der Waals surface area contributed by atoms with Gasteiger partial charge >= 0.3 is 5.97 Å². The second kappa shape index (κ2) is 10.1. The van der Waals surface area contributed by atoms with Crippen LogP contribution in [0.2, 0.25) is 0 Å². The number of fused-ring (bicyclic) bond motifs is 3. The number of alkyl halides is 2.